The maximum atomic E-state index is 13.2. The summed E-state index contributed by atoms with van der Waals surface area (Å²) in [5.74, 6) is 0.510. The first kappa shape index (κ1) is 18.9. The van der Waals surface area contributed by atoms with Crippen LogP contribution in [0.5, 0.6) is 0 Å². The highest BCUT2D eigenvalue weighted by Gasteiger charge is 2.43. The topological polar surface area (TPSA) is 29.1 Å². The van der Waals surface area contributed by atoms with E-state index in [1.54, 1.807) is 11.3 Å². The van der Waals surface area contributed by atoms with Gasteiger partial charge in [-0.25, -0.2) is 0 Å². The number of benzene rings is 2. The maximum absolute atomic E-state index is 13.2. The molecule has 4 rings (SSSR count). The Balaban J connectivity index is 1.47. The van der Waals surface area contributed by atoms with Gasteiger partial charge < -0.3 is 5.32 Å². The van der Waals surface area contributed by atoms with Crippen LogP contribution < -0.4 is 5.32 Å². The fraction of sp³-hybridized carbons (Fsp3) is 0.320. The summed E-state index contributed by atoms with van der Waals surface area (Å²) in [5, 5.41) is 5.38. The van der Waals surface area contributed by atoms with Gasteiger partial charge in [0.25, 0.3) is 0 Å². The Labute approximate surface area is 171 Å². The summed E-state index contributed by atoms with van der Waals surface area (Å²) in [6, 6.07) is 25.4. The zero-order valence-electron chi connectivity index (χ0n) is 16.1. The van der Waals surface area contributed by atoms with Crippen LogP contribution in [0.3, 0.4) is 0 Å². The second-order valence-electron chi connectivity index (χ2n) is 7.69. The average molecular weight is 390 g/mol. The Morgan fingerprint density at radius 1 is 0.893 bits per heavy atom. The first-order valence-electron chi connectivity index (χ1n) is 10.2. The van der Waals surface area contributed by atoms with Gasteiger partial charge in [-0.1, -0.05) is 79.6 Å². The zero-order valence-corrected chi connectivity index (χ0v) is 17.0. The summed E-state index contributed by atoms with van der Waals surface area (Å²) in [5.41, 5.74) is 2.30. The molecule has 0 radical (unpaired) electrons. The highest BCUT2D eigenvalue weighted by atomic mass is 32.1. The molecule has 0 saturated heterocycles. The molecule has 1 aliphatic carbocycles. The molecule has 1 aliphatic rings. The van der Waals surface area contributed by atoms with Crippen LogP contribution in [0.15, 0.2) is 78.2 Å². The molecule has 3 heteroatoms. The average Bonchev–Trinajstić information content (AvgIpc) is 3.45. The number of nitrogens with one attached hydrogen (secondary N) is 1. The third kappa shape index (κ3) is 3.90. The molecule has 1 aromatic heterocycles. The summed E-state index contributed by atoms with van der Waals surface area (Å²) in [6.45, 7) is 0.695. The van der Waals surface area contributed by atoms with Crippen molar-refractivity contribution in [1.29, 1.82) is 0 Å². The predicted octanol–water partition coefficient (Wildman–Crippen LogP) is 5.90. The van der Waals surface area contributed by atoms with Crippen molar-refractivity contribution >= 4 is 17.2 Å². The second kappa shape index (κ2) is 8.74. The van der Waals surface area contributed by atoms with Gasteiger partial charge in [-0.3, -0.25) is 4.79 Å². The van der Waals surface area contributed by atoms with Gasteiger partial charge in [0, 0.05) is 17.3 Å². The summed E-state index contributed by atoms with van der Waals surface area (Å²) in [7, 11) is 0. The van der Waals surface area contributed by atoms with Gasteiger partial charge in [-0.2, -0.15) is 0 Å². The van der Waals surface area contributed by atoms with Crippen LogP contribution in [0.1, 0.15) is 54.0 Å². The number of hydrogen-bond acceptors (Lipinski definition) is 2. The number of carbonyl (C=O) groups is 1. The molecule has 1 saturated carbocycles. The summed E-state index contributed by atoms with van der Waals surface area (Å²) >= 11 is 1.72. The van der Waals surface area contributed by atoms with Crippen LogP contribution in [0.2, 0.25) is 0 Å². The predicted molar refractivity (Wildman–Crippen MR) is 117 cm³/mol. The lowest BCUT2D eigenvalue weighted by molar-refractivity contribution is -0.126. The molecule has 0 bridgehead atoms. The van der Waals surface area contributed by atoms with Gasteiger partial charge in [-0.05, 0) is 41.8 Å². The number of hydrogen-bond donors (Lipinski definition) is 1. The molecule has 0 aliphatic heterocycles. The highest BCUT2D eigenvalue weighted by molar-refractivity contribution is 7.10. The van der Waals surface area contributed by atoms with Gasteiger partial charge in [0.05, 0.1) is 5.41 Å². The quantitative estimate of drug-likeness (QED) is 0.536. The summed E-state index contributed by atoms with van der Waals surface area (Å²) < 4.78 is 0. The van der Waals surface area contributed by atoms with Crippen molar-refractivity contribution in [2.45, 2.75) is 43.4 Å². The van der Waals surface area contributed by atoms with Crippen molar-refractivity contribution in [1.82, 2.24) is 5.32 Å². The highest BCUT2D eigenvalue weighted by Crippen LogP contribution is 2.43. The lowest BCUT2D eigenvalue weighted by Crippen LogP contribution is -2.42. The van der Waals surface area contributed by atoms with E-state index >= 15 is 0 Å². The van der Waals surface area contributed by atoms with Crippen LogP contribution in [-0.4, -0.2) is 12.5 Å². The van der Waals surface area contributed by atoms with E-state index in [0.29, 0.717) is 12.5 Å². The monoisotopic (exact) mass is 389 g/mol. The van der Waals surface area contributed by atoms with Gasteiger partial charge in [-0.15, -0.1) is 11.3 Å². The summed E-state index contributed by atoms with van der Waals surface area (Å²) in [6.07, 6.45) is 5.13. The Bertz CT molecular complexity index is 828. The molecule has 0 spiro atoms. The van der Waals surface area contributed by atoms with Crippen molar-refractivity contribution in [3.8, 4) is 0 Å². The van der Waals surface area contributed by atoms with Crippen molar-refractivity contribution in [3.05, 3.63) is 94.2 Å². The summed E-state index contributed by atoms with van der Waals surface area (Å²) in [4.78, 5) is 14.4. The molecule has 0 atom stereocenters. The third-order valence-electron chi connectivity index (χ3n) is 6.01. The van der Waals surface area contributed by atoms with Crippen molar-refractivity contribution in [2.75, 3.05) is 6.54 Å². The second-order valence-corrected chi connectivity index (χ2v) is 8.63. The molecule has 1 heterocycles. The molecule has 2 aromatic carbocycles. The third-order valence-corrected chi connectivity index (χ3v) is 7.08. The Morgan fingerprint density at radius 2 is 1.50 bits per heavy atom. The minimum absolute atomic E-state index is 0.215. The smallest absolute Gasteiger partial charge is 0.231 e. The standard InChI is InChI=1S/C25H27NOS/c27-24(25(16-7-8-17-25)23-14-9-19-28-23)26-18-15-22(20-10-3-1-4-11-20)21-12-5-2-6-13-21/h1-6,9-14,19,22H,7-8,15-18H2,(H,26,27). The van der Waals surface area contributed by atoms with Crippen LogP contribution >= 0.6 is 11.3 Å². The molecule has 1 fully saturated rings. The normalized spacial score (nSPS) is 15.6. The zero-order chi connectivity index (χ0) is 19.2. The van der Waals surface area contributed by atoms with Crippen LogP contribution in [-0.2, 0) is 10.2 Å². The number of thiophene rings is 1. The van der Waals surface area contributed by atoms with Gasteiger partial charge in [0.15, 0.2) is 0 Å². The van der Waals surface area contributed by atoms with E-state index in [-0.39, 0.29) is 11.3 Å². The molecule has 3 aromatic rings. The van der Waals surface area contributed by atoms with Gasteiger partial charge in [0.2, 0.25) is 5.91 Å². The van der Waals surface area contributed by atoms with Gasteiger partial charge in [0.1, 0.15) is 0 Å². The van der Waals surface area contributed by atoms with Crippen molar-refractivity contribution < 1.29 is 4.79 Å². The van der Waals surface area contributed by atoms with E-state index in [0.717, 1.165) is 32.1 Å². The molecule has 2 nitrogen and oxygen atoms in total. The fourth-order valence-electron chi connectivity index (χ4n) is 4.51. The maximum Gasteiger partial charge on any atom is 0.231 e. The van der Waals surface area contributed by atoms with E-state index in [1.165, 1.54) is 16.0 Å². The van der Waals surface area contributed by atoms with Crippen LogP contribution in [0.25, 0.3) is 0 Å². The number of carbonyl (C=O) groups excluding carboxylic acids is 1. The largest absolute Gasteiger partial charge is 0.355 e. The first-order chi connectivity index (χ1) is 13.8. The molecular weight excluding hydrogens is 362 g/mol. The van der Waals surface area contributed by atoms with Crippen LogP contribution in [0, 0.1) is 0 Å². The van der Waals surface area contributed by atoms with Crippen molar-refractivity contribution in [2.24, 2.45) is 0 Å². The molecule has 0 unspecified atom stereocenters. The molecular formula is C25H27NOS. The van der Waals surface area contributed by atoms with Gasteiger partial charge >= 0.3 is 0 Å². The lowest BCUT2D eigenvalue weighted by atomic mass is 9.83. The molecule has 144 valence electrons. The first-order valence-corrected chi connectivity index (χ1v) is 11.1. The minimum Gasteiger partial charge on any atom is -0.355 e. The van der Waals surface area contributed by atoms with E-state index < -0.39 is 0 Å². The number of amides is 1. The minimum atomic E-state index is -0.302. The molecule has 1 N–H and O–H groups in total. The van der Waals surface area contributed by atoms with E-state index in [4.69, 9.17) is 0 Å². The molecule has 28 heavy (non-hydrogen) atoms. The Hall–Kier alpha value is -2.39. The van der Waals surface area contributed by atoms with Crippen molar-refractivity contribution in [3.63, 3.8) is 0 Å². The van der Waals surface area contributed by atoms with Crippen LogP contribution in [0.4, 0.5) is 0 Å². The lowest BCUT2D eigenvalue weighted by Gasteiger charge is -2.27. The van der Waals surface area contributed by atoms with E-state index in [9.17, 15) is 4.79 Å². The number of rotatable bonds is 7. The fourth-order valence-corrected chi connectivity index (χ4v) is 5.49. The SMILES string of the molecule is O=C(NCCC(c1ccccc1)c1ccccc1)C1(c2cccs2)CCCC1. The van der Waals surface area contributed by atoms with E-state index in [1.807, 2.05) is 0 Å². The Kier molecular flexibility index (Phi) is 5.92. The van der Waals surface area contributed by atoms with E-state index in [2.05, 4.69) is 83.5 Å². The Morgan fingerprint density at radius 3 is 2.04 bits per heavy atom. The molecule has 1 amide bonds.